The second kappa shape index (κ2) is 7.96. The smallest absolute Gasteiger partial charge is 0.435 e. The quantitative estimate of drug-likeness (QED) is 0.638. The number of nitrogens with zero attached hydrogens (tertiary/aromatic N) is 2. The number of anilines is 1. The molecule has 0 saturated carbocycles. The van der Waals surface area contributed by atoms with Crippen LogP contribution in [0.1, 0.15) is 12.5 Å². The van der Waals surface area contributed by atoms with E-state index in [0.717, 1.165) is 6.08 Å². The minimum atomic E-state index is -4.87. The van der Waals surface area contributed by atoms with Crippen molar-refractivity contribution >= 4 is 46.6 Å². The first-order valence-corrected chi connectivity index (χ1v) is 9.00. The Hall–Kier alpha value is -2.71. The molecular formula is C19H13Cl2F3N2O3. The fourth-order valence-electron chi connectivity index (χ4n) is 2.62. The number of alkyl halides is 3. The van der Waals surface area contributed by atoms with Gasteiger partial charge in [0.1, 0.15) is 0 Å². The molecule has 0 radical (unpaired) electrons. The van der Waals surface area contributed by atoms with Gasteiger partial charge in [0.05, 0.1) is 22.9 Å². The largest absolute Gasteiger partial charge is 0.503 e. The highest BCUT2D eigenvalue weighted by atomic mass is 35.5. The highest BCUT2D eigenvalue weighted by molar-refractivity contribution is 6.35. The van der Waals surface area contributed by atoms with Crippen molar-refractivity contribution in [3.05, 3.63) is 57.6 Å². The van der Waals surface area contributed by atoms with Crippen molar-refractivity contribution in [3.63, 3.8) is 0 Å². The Labute approximate surface area is 173 Å². The number of hydrogen-bond donors (Lipinski definition) is 1. The fourth-order valence-corrected chi connectivity index (χ4v) is 2.97. The molecule has 0 fully saturated rings. The maximum atomic E-state index is 13.5. The zero-order chi connectivity index (χ0) is 21.3. The highest BCUT2D eigenvalue weighted by Crippen LogP contribution is 2.38. The van der Waals surface area contributed by atoms with E-state index in [1.54, 1.807) is 6.92 Å². The van der Waals surface area contributed by atoms with Gasteiger partial charge in [0.15, 0.2) is 17.2 Å². The van der Waals surface area contributed by atoms with E-state index in [0.29, 0.717) is 10.0 Å². The molecule has 1 amide bonds. The lowest BCUT2D eigenvalue weighted by molar-refractivity contribution is -0.114. The predicted octanol–water partition coefficient (Wildman–Crippen LogP) is 5.45. The molecular weight excluding hydrogens is 432 g/mol. The summed E-state index contributed by atoms with van der Waals surface area (Å²) in [6.45, 7) is 1.86. The summed E-state index contributed by atoms with van der Waals surface area (Å²) >= 11 is 11.7. The lowest BCUT2D eigenvalue weighted by Crippen LogP contribution is -2.25. The monoisotopic (exact) mass is 444 g/mol. The van der Waals surface area contributed by atoms with Crippen LogP contribution >= 0.6 is 23.2 Å². The maximum absolute atomic E-state index is 13.5. The molecule has 0 aromatic heterocycles. The molecule has 1 heterocycles. The van der Waals surface area contributed by atoms with Crippen molar-refractivity contribution < 1.29 is 27.8 Å². The molecule has 29 heavy (non-hydrogen) atoms. The summed E-state index contributed by atoms with van der Waals surface area (Å²) in [5.74, 6) is -1.33. The van der Waals surface area contributed by atoms with E-state index in [9.17, 15) is 23.1 Å². The Morgan fingerprint density at radius 2 is 1.86 bits per heavy atom. The van der Waals surface area contributed by atoms with Crippen LogP contribution in [-0.2, 0) is 4.79 Å². The molecule has 0 atom stereocenters. The number of carbonyl (C=O) groups excluding carboxylic acids is 1. The normalized spacial score (nSPS) is 15.8. The third-order valence-corrected chi connectivity index (χ3v) is 4.42. The molecule has 152 valence electrons. The molecule has 10 heteroatoms. The number of hydrazone groups is 1. The van der Waals surface area contributed by atoms with Crippen LogP contribution in [0.5, 0.6) is 11.5 Å². The number of hydrogen-bond acceptors (Lipinski definition) is 4. The summed E-state index contributed by atoms with van der Waals surface area (Å²) in [5.41, 5.74) is -1.76. The molecule has 2 aromatic carbocycles. The third-order valence-electron chi connectivity index (χ3n) is 3.88. The van der Waals surface area contributed by atoms with E-state index in [-0.39, 0.29) is 34.4 Å². The minimum Gasteiger partial charge on any atom is -0.503 e. The lowest BCUT2D eigenvalue weighted by atomic mass is 10.1. The van der Waals surface area contributed by atoms with Gasteiger partial charge in [-0.1, -0.05) is 23.2 Å². The van der Waals surface area contributed by atoms with E-state index < -0.39 is 23.4 Å². The lowest BCUT2D eigenvalue weighted by Gasteiger charge is -2.11. The third kappa shape index (κ3) is 4.33. The van der Waals surface area contributed by atoms with Gasteiger partial charge in [0.25, 0.3) is 5.91 Å². The van der Waals surface area contributed by atoms with Crippen molar-refractivity contribution in [2.75, 3.05) is 11.6 Å². The Kier molecular flexibility index (Phi) is 5.77. The summed E-state index contributed by atoms with van der Waals surface area (Å²) in [6, 6.07) is 8.13. The zero-order valence-electron chi connectivity index (χ0n) is 14.8. The predicted molar refractivity (Wildman–Crippen MR) is 105 cm³/mol. The number of phenols is 1. The Bertz CT molecular complexity index is 1020. The van der Waals surface area contributed by atoms with Crippen LogP contribution in [0.3, 0.4) is 0 Å². The molecule has 2 aromatic rings. The number of rotatable bonds is 4. The number of carbonyl (C=O) groups is 1. The molecule has 0 bridgehead atoms. The second-order valence-electron chi connectivity index (χ2n) is 5.88. The Morgan fingerprint density at radius 1 is 1.21 bits per heavy atom. The van der Waals surface area contributed by atoms with Crippen molar-refractivity contribution in [1.29, 1.82) is 0 Å². The van der Waals surface area contributed by atoms with Gasteiger partial charge < -0.3 is 9.84 Å². The first-order valence-electron chi connectivity index (χ1n) is 8.25. The van der Waals surface area contributed by atoms with Crippen LogP contribution < -0.4 is 9.75 Å². The molecule has 1 aliphatic rings. The number of halogens is 5. The van der Waals surface area contributed by atoms with Gasteiger partial charge in [-0.05, 0) is 55.0 Å². The van der Waals surface area contributed by atoms with Gasteiger partial charge >= 0.3 is 6.18 Å². The van der Waals surface area contributed by atoms with Crippen molar-refractivity contribution in [3.8, 4) is 11.5 Å². The van der Waals surface area contributed by atoms with E-state index in [1.807, 2.05) is 0 Å². The van der Waals surface area contributed by atoms with E-state index >= 15 is 0 Å². The van der Waals surface area contributed by atoms with Gasteiger partial charge in [-0.2, -0.15) is 23.3 Å². The van der Waals surface area contributed by atoms with Crippen LogP contribution in [0, 0.1) is 0 Å². The zero-order valence-corrected chi connectivity index (χ0v) is 16.3. The van der Waals surface area contributed by atoms with Crippen molar-refractivity contribution in [2.24, 2.45) is 5.10 Å². The topological polar surface area (TPSA) is 62.1 Å². The summed E-state index contributed by atoms with van der Waals surface area (Å²) in [6.07, 6.45) is -3.87. The van der Waals surface area contributed by atoms with Crippen LogP contribution in [0.4, 0.5) is 18.9 Å². The Morgan fingerprint density at radius 3 is 2.45 bits per heavy atom. The van der Waals surface area contributed by atoms with Crippen LogP contribution in [-0.4, -0.2) is 29.5 Å². The second-order valence-corrected chi connectivity index (χ2v) is 6.72. The first-order chi connectivity index (χ1) is 13.6. The SMILES string of the molecule is CCOc1cc(/C=C2\C(=O)N(c3ccc(Cl)cc3)N=C2C(F)(F)F)cc(Cl)c1O. The number of phenolic OH excluding ortho intramolecular Hbond substituents is 1. The molecule has 1 N–H and O–H groups in total. The van der Waals surface area contributed by atoms with Gasteiger partial charge in [0, 0.05) is 5.02 Å². The molecule has 3 rings (SSSR count). The number of aromatic hydroxyl groups is 1. The van der Waals surface area contributed by atoms with Gasteiger partial charge in [0.2, 0.25) is 0 Å². The van der Waals surface area contributed by atoms with Gasteiger partial charge in [-0.3, -0.25) is 4.79 Å². The Balaban J connectivity index is 2.09. The summed E-state index contributed by atoms with van der Waals surface area (Å²) in [4.78, 5) is 12.7. The van der Waals surface area contributed by atoms with E-state index in [4.69, 9.17) is 27.9 Å². The summed E-state index contributed by atoms with van der Waals surface area (Å²) in [7, 11) is 0. The maximum Gasteiger partial charge on any atom is 0.435 e. The molecule has 5 nitrogen and oxygen atoms in total. The number of amides is 1. The summed E-state index contributed by atoms with van der Waals surface area (Å²) < 4.78 is 45.8. The molecule has 0 saturated heterocycles. The highest BCUT2D eigenvalue weighted by Gasteiger charge is 2.46. The summed E-state index contributed by atoms with van der Waals surface area (Å²) in [5, 5.41) is 14.2. The first kappa shape index (κ1) is 21.0. The van der Waals surface area contributed by atoms with Crippen LogP contribution in [0.2, 0.25) is 10.0 Å². The molecule has 1 aliphatic heterocycles. The van der Waals surface area contributed by atoms with E-state index in [2.05, 4.69) is 5.10 Å². The average molecular weight is 445 g/mol. The van der Waals surface area contributed by atoms with Gasteiger partial charge in [-0.25, -0.2) is 0 Å². The standard InChI is InChI=1S/C19H13Cl2F3N2O3/c1-2-29-15-9-10(8-14(21)16(15)27)7-13-17(19(22,23)24)25-26(18(13)28)12-5-3-11(20)4-6-12/h3-9,27H,2H2,1H3/b13-7-. The number of ether oxygens (including phenoxy) is 1. The molecule has 0 aliphatic carbocycles. The number of benzene rings is 2. The molecule has 0 unspecified atom stereocenters. The van der Waals surface area contributed by atoms with Crippen LogP contribution in [0.15, 0.2) is 47.1 Å². The van der Waals surface area contributed by atoms with Crippen molar-refractivity contribution in [1.82, 2.24) is 0 Å². The average Bonchev–Trinajstić information content (AvgIpc) is 2.97. The minimum absolute atomic E-state index is 0.0163. The van der Waals surface area contributed by atoms with Gasteiger partial charge in [-0.15, -0.1) is 0 Å². The fraction of sp³-hybridized carbons (Fsp3) is 0.158. The van der Waals surface area contributed by atoms with Crippen LogP contribution in [0.25, 0.3) is 6.08 Å². The molecule has 0 spiro atoms. The van der Waals surface area contributed by atoms with E-state index in [1.165, 1.54) is 36.4 Å². The van der Waals surface area contributed by atoms with Crippen molar-refractivity contribution in [2.45, 2.75) is 13.1 Å².